The van der Waals surface area contributed by atoms with Crippen LogP contribution in [0.2, 0.25) is 0 Å². The normalized spacial score (nSPS) is 12.3. The summed E-state index contributed by atoms with van der Waals surface area (Å²) in [6.07, 6.45) is 0. The average molecular weight is 1260 g/mol. The van der Waals surface area contributed by atoms with Gasteiger partial charge in [-0.25, -0.2) is 4.98 Å². The summed E-state index contributed by atoms with van der Waals surface area (Å²) in [4.78, 5) is 23.8. The van der Waals surface area contributed by atoms with Crippen LogP contribution in [0.25, 0.3) is 22.8 Å². The lowest BCUT2D eigenvalue weighted by atomic mass is 9.33. The molecule has 9 heteroatoms. The molecule has 0 unspecified atom stereocenters. The molecule has 3 heterocycles. The molecule has 0 bridgehead atoms. The van der Waals surface area contributed by atoms with E-state index in [0.29, 0.717) is 17.6 Å². The number of hydrogen-bond donors (Lipinski definition) is 0. The number of nitrogens with zero attached hydrogens (tertiary/aromatic N) is 6. The van der Waals surface area contributed by atoms with Crippen LogP contribution >= 0.6 is 0 Å². The molecule has 0 aliphatic carbocycles. The fourth-order valence-corrected chi connectivity index (χ4v) is 24.8. The first-order valence-corrected chi connectivity index (χ1v) is 36.9. The van der Waals surface area contributed by atoms with Crippen molar-refractivity contribution in [2.24, 2.45) is 0 Å². The minimum Gasteiger partial charge on any atom is -0.311 e. The molecule has 2 aliphatic heterocycles. The Morgan fingerprint density at radius 1 is 0.250 bits per heavy atom. The number of anilines is 9. The molecule has 15 aromatic rings. The van der Waals surface area contributed by atoms with Gasteiger partial charge in [0, 0.05) is 50.9 Å². The standard InChI is InChI=1S/C87H63BN6Si2/c1-11-34-64(35-12-1)85-89-86(65-36-13-2-14-37-65)91-87(90-85)94-80-57-32-31-56-78(80)88-79-59-58-77(96(73-49-25-8-26-50-73,74-51-27-9-28-52-74)75-53-29-10-30-54-75)63-81(79)93(82-61-69(62-83(94)84(82)88)92(66-38-15-3-16-39-66)67-40-17-4-18-41-67)68-42-33-55-76(60-68)95(70-43-19-5-20-44-70,71-45-21-6-22-46-71)72-47-23-7-24-48-72/h1-63H. The Kier molecular flexibility index (Phi) is 14.9. The summed E-state index contributed by atoms with van der Waals surface area (Å²) >= 11 is 0. The lowest BCUT2D eigenvalue weighted by Crippen LogP contribution is -2.75. The highest BCUT2D eigenvalue weighted by Crippen LogP contribution is 2.48. The van der Waals surface area contributed by atoms with Gasteiger partial charge in [-0.3, -0.25) is 4.90 Å². The molecule has 96 heavy (non-hydrogen) atoms. The first kappa shape index (κ1) is 57.9. The Hall–Kier alpha value is -12.0. The van der Waals surface area contributed by atoms with Gasteiger partial charge in [0.2, 0.25) is 5.95 Å². The predicted octanol–water partition coefficient (Wildman–Crippen LogP) is 13.5. The highest BCUT2D eigenvalue weighted by molar-refractivity contribution is 7.20. The predicted molar refractivity (Wildman–Crippen MR) is 407 cm³/mol. The van der Waals surface area contributed by atoms with Gasteiger partial charge in [0.05, 0.1) is 5.69 Å². The zero-order valence-corrected chi connectivity index (χ0v) is 54.6. The minimum atomic E-state index is -3.15. The fraction of sp³-hybridized carbons (Fsp3) is 0. The lowest BCUT2D eigenvalue weighted by Gasteiger charge is -2.45. The van der Waals surface area contributed by atoms with E-state index in [1.807, 2.05) is 36.4 Å². The van der Waals surface area contributed by atoms with E-state index in [0.717, 1.165) is 67.6 Å². The van der Waals surface area contributed by atoms with Gasteiger partial charge in [-0.15, -0.1) is 0 Å². The maximum Gasteiger partial charge on any atom is 0.252 e. The van der Waals surface area contributed by atoms with Gasteiger partial charge in [-0.05, 0) is 119 Å². The van der Waals surface area contributed by atoms with Gasteiger partial charge >= 0.3 is 0 Å². The largest absolute Gasteiger partial charge is 0.311 e. The van der Waals surface area contributed by atoms with Gasteiger partial charge in [0.25, 0.3) is 6.71 Å². The van der Waals surface area contributed by atoms with E-state index in [1.54, 1.807) is 0 Å². The van der Waals surface area contributed by atoms with Crippen molar-refractivity contribution in [2.75, 3.05) is 14.7 Å². The molecule has 1 aromatic heterocycles. The third-order valence-electron chi connectivity index (χ3n) is 19.3. The third kappa shape index (κ3) is 9.82. The molecule has 2 aliphatic rings. The Labute approximate surface area is 563 Å². The zero-order chi connectivity index (χ0) is 63.8. The van der Waals surface area contributed by atoms with Gasteiger partial charge in [0.15, 0.2) is 27.8 Å². The van der Waals surface area contributed by atoms with Crippen LogP contribution in [0, 0.1) is 0 Å². The van der Waals surface area contributed by atoms with Crippen LogP contribution in [0.3, 0.4) is 0 Å². The molecule has 0 fully saturated rings. The van der Waals surface area contributed by atoms with Crippen molar-refractivity contribution in [1.82, 2.24) is 15.0 Å². The van der Waals surface area contributed by atoms with Gasteiger partial charge in [-0.1, -0.05) is 322 Å². The van der Waals surface area contributed by atoms with E-state index in [2.05, 4.69) is 360 Å². The van der Waals surface area contributed by atoms with Crippen molar-refractivity contribution in [2.45, 2.75) is 0 Å². The van der Waals surface area contributed by atoms with E-state index in [1.165, 1.54) is 47.0 Å². The molecular weight excluding hydrogens is 1200 g/mol. The molecule has 0 amide bonds. The van der Waals surface area contributed by atoms with E-state index in [9.17, 15) is 0 Å². The summed E-state index contributed by atoms with van der Waals surface area (Å²) in [6.45, 7) is -0.251. The highest BCUT2D eigenvalue weighted by atomic mass is 28.3. The summed E-state index contributed by atoms with van der Waals surface area (Å²) in [7, 11) is -6.27. The van der Waals surface area contributed by atoms with Gasteiger partial charge < -0.3 is 9.80 Å². The monoisotopic (exact) mass is 1260 g/mol. The van der Waals surface area contributed by atoms with Gasteiger partial charge in [-0.2, -0.15) is 9.97 Å². The first-order chi connectivity index (χ1) is 47.6. The Morgan fingerprint density at radius 3 is 1.04 bits per heavy atom. The molecule has 6 nitrogen and oxygen atoms in total. The smallest absolute Gasteiger partial charge is 0.252 e. The summed E-state index contributed by atoms with van der Waals surface area (Å²) in [5.74, 6) is 1.69. The second-order valence-electron chi connectivity index (χ2n) is 24.6. The zero-order valence-electron chi connectivity index (χ0n) is 52.6. The fourth-order valence-electron chi connectivity index (χ4n) is 15.3. The molecule has 452 valence electrons. The van der Waals surface area contributed by atoms with E-state index in [-0.39, 0.29) is 6.71 Å². The number of rotatable bonds is 15. The molecule has 14 aromatic carbocycles. The average Bonchev–Trinajstić information content (AvgIpc) is 0.694. The number of benzene rings is 14. The number of para-hydroxylation sites is 3. The molecule has 0 N–H and O–H groups in total. The van der Waals surface area contributed by atoms with Crippen molar-refractivity contribution >= 4 is 132 Å². The second kappa shape index (κ2) is 24.8. The van der Waals surface area contributed by atoms with E-state index in [4.69, 9.17) is 15.0 Å². The second-order valence-corrected chi connectivity index (χ2v) is 32.2. The van der Waals surface area contributed by atoms with E-state index >= 15 is 0 Å². The van der Waals surface area contributed by atoms with Crippen molar-refractivity contribution in [1.29, 1.82) is 0 Å². The summed E-state index contributed by atoms with van der Waals surface area (Å²) < 4.78 is 0. The molecule has 17 rings (SSSR count). The van der Waals surface area contributed by atoms with Crippen LogP contribution in [-0.2, 0) is 0 Å². The van der Waals surface area contributed by atoms with Crippen LogP contribution in [-0.4, -0.2) is 37.8 Å². The van der Waals surface area contributed by atoms with Crippen molar-refractivity contribution in [3.05, 3.63) is 382 Å². The maximum absolute atomic E-state index is 5.60. The number of hydrogen-bond acceptors (Lipinski definition) is 6. The van der Waals surface area contributed by atoms with Crippen LogP contribution in [0.1, 0.15) is 0 Å². The van der Waals surface area contributed by atoms with E-state index < -0.39 is 16.1 Å². The van der Waals surface area contributed by atoms with Crippen LogP contribution in [0.15, 0.2) is 382 Å². The molecule has 0 saturated heterocycles. The number of aromatic nitrogens is 3. The minimum absolute atomic E-state index is 0.251. The highest BCUT2D eigenvalue weighted by Gasteiger charge is 2.48. The Bertz CT molecular complexity index is 4950. The summed E-state index contributed by atoms with van der Waals surface area (Å²) in [5, 5.41) is 10.4. The molecule has 0 atom stereocenters. The quantitative estimate of drug-likeness (QED) is 0.0753. The van der Waals surface area contributed by atoms with Gasteiger partial charge in [0.1, 0.15) is 0 Å². The van der Waals surface area contributed by atoms with Crippen molar-refractivity contribution < 1.29 is 0 Å². The summed E-state index contributed by atoms with van der Waals surface area (Å²) in [6, 6.07) is 141. The topological polar surface area (TPSA) is 48.4 Å². The lowest BCUT2D eigenvalue weighted by molar-refractivity contribution is 1.02. The molecular formula is C87H63BN6Si2. The summed E-state index contributed by atoms with van der Waals surface area (Å²) in [5.41, 5.74) is 13.4. The van der Waals surface area contributed by atoms with Crippen LogP contribution in [0.5, 0.6) is 0 Å². The Balaban J connectivity index is 1.02. The molecule has 0 radical (unpaired) electrons. The first-order valence-electron chi connectivity index (χ1n) is 32.9. The molecule has 0 saturated carbocycles. The third-order valence-corrected chi connectivity index (χ3v) is 28.9. The maximum atomic E-state index is 5.60. The molecule has 0 spiro atoms. The van der Waals surface area contributed by atoms with Crippen LogP contribution < -0.4 is 72.6 Å². The number of fused-ring (bicyclic) bond motifs is 4. The van der Waals surface area contributed by atoms with Crippen molar-refractivity contribution in [3.63, 3.8) is 0 Å². The van der Waals surface area contributed by atoms with Crippen molar-refractivity contribution in [3.8, 4) is 22.8 Å². The Morgan fingerprint density at radius 2 is 0.604 bits per heavy atom. The van der Waals surface area contributed by atoms with Crippen LogP contribution in [0.4, 0.5) is 51.4 Å². The SMILES string of the molecule is c1ccc(-c2nc(-c3ccccc3)nc(N3c4ccccc4B4c5ccc([Si](c6ccccc6)(c6ccccc6)c6ccccc6)cc5N(c5cccc([Si](c6ccccc6)(c6ccccc6)c6ccccc6)c5)c5cc(N(c6ccccc6)c6ccccc6)cc3c54)n2)cc1.